The molecule has 2 saturated carbocycles. The fourth-order valence-electron chi connectivity index (χ4n) is 2.91. The van der Waals surface area contributed by atoms with Crippen molar-refractivity contribution in [1.82, 2.24) is 10.1 Å². The van der Waals surface area contributed by atoms with E-state index in [1.54, 1.807) is 0 Å². The van der Waals surface area contributed by atoms with Gasteiger partial charge in [-0.25, -0.2) is 0 Å². The Bertz CT molecular complexity index is 366. The first-order valence-electron chi connectivity index (χ1n) is 6.93. The highest BCUT2D eigenvalue weighted by Crippen LogP contribution is 2.36. The quantitative estimate of drug-likeness (QED) is 0.874. The molecule has 4 heteroatoms. The Balaban J connectivity index is 1.67. The molecule has 1 heterocycles. The summed E-state index contributed by atoms with van der Waals surface area (Å²) in [7, 11) is 0. The lowest BCUT2D eigenvalue weighted by Gasteiger charge is -2.25. The third-order valence-corrected chi connectivity index (χ3v) is 4.37. The first kappa shape index (κ1) is 11.2. The van der Waals surface area contributed by atoms with Gasteiger partial charge < -0.3 is 10.3 Å². The van der Waals surface area contributed by atoms with E-state index >= 15 is 0 Å². The highest BCUT2D eigenvalue weighted by molar-refractivity contribution is 5.02. The summed E-state index contributed by atoms with van der Waals surface area (Å²) >= 11 is 0. The second kappa shape index (κ2) is 4.77. The normalized spacial score (nSPS) is 24.5. The smallest absolute Gasteiger partial charge is 0.243 e. The van der Waals surface area contributed by atoms with Crippen LogP contribution in [0.25, 0.3) is 0 Å². The molecule has 3 rings (SSSR count). The molecular formula is C13H21N3O. The van der Waals surface area contributed by atoms with Gasteiger partial charge >= 0.3 is 0 Å². The van der Waals surface area contributed by atoms with Gasteiger partial charge in [0.15, 0.2) is 5.82 Å². The number of hydrogen-bond acceptors (Lipinski definition) is 4. The first-order valence-corrected chi connectivity index (χ1v) is 6.93. The predicted octanol–water partition coefficient (Wildman–Crippen LogP) is 2.92. The van der Waals surface area contributed by atoms with E-state index in [4.69, 9.17) is 10.3 Å². The van der Waals surface area contributed by atoms with Crippen LogP contribution in [0.5, 0.6) is 0 Å². The summed E-state index contributed by atoms with van der Waals surface area (Å²) in [6, 6.07) is -0.0448. The largest absolute Gasteiger partial charge is 0.338 e. The Morgan fingerprint density at radius 1 is 1.06 bits per heavy atom. The lowest BCUT2D eigenvalue weighted by molar-refractivity contribution is 0.254. The molecule has 0 amide bonds. The zero-order chi connectivity index (χ0) is 11.7. The molecule has 0 radical (unpaired) electrons. The number of nitrogens with two attached hydrogens (primary N) is 1. The van der Waals surface area contributed by atoms with Crippen molar-refractivity contribution in [3.05, 3.63) is 11.7 Å². The molecule has 1 atom stereocenters. The Morgan fingerprint density at radius 2 is 1.82 bits per heavy atom. The standard InChI is InChI=1S/C13H21N3O/c14-11(9-5-2-1-3-6-9)13-15-12(16-17-13)10-7-4-8-10/h9-11H,1-8,14H2. The Morgan fingerprint density at radius 3 is 2.47 bits per heavy atom. The van der Waals surface area contributed by atoms with E-state index in [1.165, 1.54) is 51.4 Å². The minimum atomic E-state index is -0.0448. The van der Waals surface area contributed by atoms with Gasteiger partial charge in [0.1, 0.15) is 0 Å². The van der Waals surface area contributed by atoms with Crippen molar-refractivity contribution in [1.29, 1.82) is 0 Å². The van der Waals surface area contributed by atoms with Gasteiger partial charge in [0, 0.05) is 5.92 Å². The summed E-state index contributed by atoms with van der Waals surface area (Å²) in [6.45, 7) is 0. The minimum Gasteiger partial charge on any atom is -0.338 e. The highest BCUT2D eigenvalue weighted by Gasteiger charge is 2.29. The van der Waals surface area contributed by atoms with Gasteiger partial charge in [-0.1, -0.05) is 30.8 Å². The van der Waals surface area contributed by atoms with E-state index in [0.29, 0.717) is 17.7 Å². The van der Waals surface area contributed by atoms with Crippen LogP contribution in [-0.2, 0) is 0 Å². The molecule has 1 aromatic heterocycles. The number of aromatic nitrogens is 2. The van der Waals surface area contributed by atoms with Crippen molar-refractivity contribution in [2.24, 2.45) is 11.7 Å². The van der Waals surface area contributed by atoms with Crippen LogP contribution in [0.4, 0.5) is 0 Å². The van der Waals surface area contributed by atoms with Crippen LogP contribution in [-0.4, -0.2) is 10.1 Å². The molecule has 94 valence electrons. The summed E-state index contributed by atoms with van der Waals surface area (Å²) < 4.78 is 5.35. The molecule has 0 aromatic carbocycles. The Hall–Kier alpha value is -0.900. The van der Waals surface area contributed by atoms with Crippen molar-refractivity contribution in [2.75, 3.05) is 0 Å². The molecule has 2 N–H and O–H groups in total. The summed E-state index contributed by atoms with van der Waals surface area (Å²) in [5, 5.41) is 4.09. The Labute approximate surface area is 102 Å². The van der Waals surface area contributed by atoms with Gasteiger partial charge in [0.05, 0.1) is 6.04 Å². The van der Waals surface area contributed by atoms with Crippen molar-refractivity contribution in [3.63, 3.8) is 0 Å². The number of hydrogen-bond donors (Lipinski definition) is 1. The second-order valence-electron chi connectivity index (χ2n) is 5.54. The van der Waals surface area contributed by atoms with Gasteiger partial charge in [-0.05, 0) is 31.6 Å². The minimum absolute atomic E-state index is 0.0448. The van der Waals surface area contributed by atoms with Crippen LogP contribution in [0, 0.1) is 5.92 Å². The van der Waals surface area contributed by atoms with E-state index in [1.807, 2.05) is 0 Å². The molecule has 2 aliphatic carbocycles. The third kappa shape index (κ3) is 2.23. The molecule has 2 fully saturated rings. The predicted molar refractivity (Wildman–Crippen MR) is 64.4 cm³/mol. The van der Waals surface area contributed by atoms with E-state index in [9.17, 15) is 0 Å². The fraction of sp³-hybridized carbons (Fsp3) is 0.846. The highest BCUT2D eigenvalue weighted by atomic mass is 16.5. The average molecular weight is 235 g/mol. The fourth-order valence-corrected chi connectivity index (χ4v) is 2.91. The first-order chi connectivity index (χ1) is 8.34. The van der Waals surface area contributed by atoms with Crippen LogP contribution in [0.3, 0.4) is 0 Å². The van der Waals surface area contributed by atoms with Gasteiger partial charge in [-0.15, -0.1) is 0 Å². The summed E-state index contributed by atoms with van der Waals surface area (Å²) in [6.07, 6.45) is 10.1. The number of rotatable bonds is 3. The molecule has 0 aliphatic heterocycles. The van der Waals surface area contributed by atoms with E-state index < -0.39 is 0 Å². The molecule has 0 spiro atoms. The maximum absolute atomic E-state index is 6.25. The van der Waals surface area contributed by atoms with Gasteiger partial charge in [-0.3, -0.25) is 0 Å². The maximum atomic E-state index is 6.25. The van der Waals surface area contributed by atoms with E-state index in [-0.39, 0.29) is 6.04 Å². The van der Waals surface area contributed by atoms with Gasteiger partial charge in [0.25, 0.3) is 0 Å². The topological polar surface area (TPSA) is 64.9 Å². The van der Waals surface area contributed by atoms with E-state index in [0.717, 1.165) is 5.82 Å². The van der Waals surface area contributed by atoms with Crippen LogP contribution in [0.15, 0.2) is 4.52 Å². The van der Waals surface area contributed by atoms with Crippen molar-refractivity contribution in [3.8, 4) is 0 Å². The third-order valence-electron chi connectivity index (χ3n) is 4.37. The molecule has 1 unspecified atom stereocenters. The van der Waals surface area contributed by atoms with Crippen LogP contribution in [0.1, 0.15) is 75.0 Å². The average Bonchev–Trinajstić information content (AvgIpc) is 2.76. The summed E-state index contributed by atoms with van der Waals surface area (Å²) in [5.41, 5.74) is 6.25. The molecule has 0 saturated heterocycles. The molecule has 4 nitrogen and oxygen atoms in total. The van der Waals surface area contributed by atoms with Crippen LogP contribution >= 0.6 is 0 Å². The van der Waals surface area contributed by atoms with E-state index in [2.05, 4.69) is 10.1 Å². The molecular weight excluding hydrogens is 214 g/mol. The lowest BCUT2D eigenvalue weighted by Crippen LogP contribution is -2.24. The zero-order valence-corrected chi connectivity index (χ0v) is 10.3. The molecule has 1 aromatic rings. The van der Waals surface area contributed by atoms with Crippen molar-refractivity contribution < 1.29 is 4.52 Å². The molecule has 17 heavy (non-hydrogen) atoms. The maximum Gasteiger partial charge on any atom is 0.243 e. The lowest BCUT2D eigenvalue weighted by atomic mass is 9.84. The summed E-state index contributed by atoms with van der Waals surface area (Å²) in [4.78, 5) is 4.50. The molecule has 0 bridgehead atoms. The summed E-state index contributed by atoms with van der Waals surface area (Å²) in [5.74, 6) is 2.63. The van der Waals surface area contributed by atoms with Gasteiger partial charge in [0.2, 0.25) is 5.89 Å². The second-order valence-corrected chi connectivity index (χ2v) is 5.54. The van der Waals surface area contributed by atoms with Crippen molar-refractivity contribution >= 4 is 0 Å². The SMILES string of the molecule is NC(c1nc(C2CCC2)no1)C1CCCCC1. The van der Waals surface area contributed by atoms with Crippen LogP contribution < -0.4 is 5.73 Å². The molecule has 2 aliphatic rings. The van der Waals surface area contributed by atoms with Crippen molar-refractivity contribution in [2.45, 2.75) is 63.3 Å². The zero-order valence-electron chi connectivity index (χ0n) is 10.3. The Kier molecular flexibility index (Phi) is 3.14. The van der Waals surface area contributed by atoms with Gasteiger partial charge in [-0.2, -0.15) is 4.98 Å². The van der Waals surface area contributed by atoms with Crippen LogP contribution in [0.2, 0.25) is 0 Å². The monoisotopic (exact) mass is 235 g/mol. The number of nitrogens with zero attached hydrogens (tertiary/aromatic N) is 2.